The Morgan fingerprint density at radius 1 is 0.645 bits per heavy atom. The van der Waals surface area contributed by atoms with E-state index in [4.69, 9.17) is 0 Å². The molecule has 0 atom stereocenters. The fraction of sp³-hybridized carbons (Fsp3) is 0.800. The van der Waals surface area contributed by atoms with E-state index in [2.05, 4.69) is 26.0 Å². The molecule has 31 heavy (non-hydrogen) atoms. The SMILES string of the molecule is CCCCCC1CCC(CCc2ccc(CCC3CCC(CCC)CC3)c(F)c2)CC1. The molecule has 0 heterocycles. The minimum Gasteiger partial charge on any atom is -0.207 e. The standard InChI is InChI=1S/C30H49F/c1-3-5-6-8-25-11-15-26(16-12-25)17-18-28-20-22-29(30(31)23-28)21-19-27-13-9-24(7-4-2)10-14-27/h20,22-27H,3-19,21H2,1-2H3. The van der Waals surface area contributed by atoms with Crippen LogP contribution in [0.25, 0.3) is 0 Å². The van der Waals surface area contributed by atoms with Gasteiger partial charge in [-0.15, -0.1) is 0 Å². The average Bonchev–Trinajstić information content (AvgIpc) is 2.79. The number of benzene rings is 1. The normalized spacial score (nSPS) is 26.8. The number of hydrogen-bond donors (Lipinski definition) is 0. The minimum atomic E-state index is 0.0526. The first-order chi connectivity index (χ1) is 15.2. The van der Waals surface area contributed by atoms with Crippen molar-refractivity contribution in [3.8, 4) is 0 Å². The van der Waals surface area contributed by atoms with Crippen LogP contribution in [0.1, 0.15) is 128 Å². The van der Waals surface area contributed by atoms with Gasteiger partial charge >= 0.3 is 0 Å². The van der Waals surface area contributed by atoms with E-state index < -0.39 is 0 Å². The predicted octanol–water partition coefficient (Wildman–Crippen LogP) is 9.68. The zero-order chi connectivity index (χ0) is 21.9. The van der Waals surface area contributed by atoms with Crippen molar-refractivity contribution in [3.63, 3.8) is 0 Å². The van der Waals surface area contributed by atoms with Crippen molar-refractivity contribution in [2.45, 2.75) is 129 Å². The highest BCUT2D eigenvalue weighted by atomic mass is 19.1. The van der Waals surface area contributed by atoms with Gasteiger partial charge in [0.2, 0.25) is 0 Å². The monoisotopic (exact) mass is 428 g/mol. The summed E-state index contributed by atoms with van der Waals surface area (Å²) in [5.41, 5.74) is 2.17. The van der Waals surface area contributed by atoms with Gasteiger partial charge in [0.1, 0.15) is 5.82 Å². The van der Waals surface area contributed by atoms with Gasteiger partial charge in [-0.3, -0.25) is 0 Å². The molecule has 2 saturated carbocycles. The molecule has 0 aromatic heterocycles. The van der Waals surface area contributed by atoms with Crippen LogP contribution in [0, 0.1) is 29.5 Å². The van der Waals surface area contributed by atoms with Crippen LogP contribution in [0.4, 0.5) is 4.39 Å². The van der Waals surface area contributed by atoms with Crippen molar-refractivity contribution in [3.05, 3.63) is 35.1 Å². The summed E-state index contributed by atoms with van der Waals surface area (Å²) in [6, 6.07) is 6.16. The van der Waals surface area contributed by atoms with Crippen LogP contribution in [0.2, 0.25) is 0 Å². The van der Waals surface area contributed by atoms with E-state index in [-0.39, 0.29) is 5.82 Å². The van der Waals surface area contributed by atoms with Gasteiger partial charge in [0.25, 0.3) is 0 Å². The van der Waals surface area contributed by atoms with E-state index in [0.29, 0.717) is 0 Å². The molecule has 0 amide bonds. The number of halogens is 1. The molecule has 0 spiro atoms. The molecule has 2 fully saturated rings. The summed E-state index contributed by atoms with van der Waals surface area (Å²) in [7, 11) is 0. The quantitative estimate of drug-likeness (QED) is 0.291. The van der Waals surface area contributed by atoms with E-state index in [1.54, 1.807) is 0 Å². The lowest BCUT2D eigenvalue weighted by Gasteiger charge is -2.28. The van der Waals surface area contributed by atoms with Gasteiger partial charge < -0.3 is 0 Å². The fourth-order valence-corrected chi connectivity index (χ4v) is 6.39. The third kappa shape index (κ3) is 8.54. The summed E-state index contributed by atoms with van der Waals surface area (Å²) < 4.78 is 14.7. The summed E-state index contributed by atoms with van der Waals surface area (Å²) in [5, 5.41) is 0. The summed E-state index contributed by atoms with van der Waals surface area (Å²) >= 11 is 0. The first-order valence-electron chi connectivity index (χ1n) is 13.9. The number of rotatable bonds is 12. The molecule has 0 unspecified atom stereocenters. The molecule has 0 N–H and O–H groups in total. The molecule has 0 nitrogen and oxygen atoms in total. The van der Waals surface area contributed by atoms with Crippen molar-refractivity contribution < 1.29 is 4.39 Å². The highest BCUT2D eigenvalue weighted by Gasteiger charge is 2.22. The first kappa shape index (κ1) is 24.8. The van der Waals surface area contributed by atoms with Gasteiger partial charge in [-0.2, -0.15) is 0 Å². The molecule has 0 saturated heterocycles. The van der Waals surface area contributed by atoms with Crippen LogP contribution < -0.4 is 0 Å². The van der Waals surface area contributed by atoms with E-state index in [9.17, 15) is 4.39 Å². The Kier molecular flexibility index (Phi) is 10.9. The molecule has 0 aliphatic heterocycles. The maximum absolute atomic E-state index is 14.7. The highest BCUT2D eigenvalue weighted by molar-refractivity contribution is 5.25. The molecule has 2 aliphatic carbocycles. The molecule has 1 aromatic carbocycles. The molecule has 3 rings (SSSR count). The lowest BCUT2D eigenvalue weighted by atomic mass is 9.77. The summed E-state index contributed by atoms with van der Waals surface area (Å²) in [5.74, 6) is 3.70. The van der Waals surface area contributed by atoms with Crippen molar-refractivity contribution in [2.75, 3.05) is 0 Å². The third-order valence-corrected chi connectivity index (χ3v) is 8.63. The summed E-state index contributed by atoms with van der Waals surface area (Å²) in [4.78, 5) is 0. The Bertz CT molecular complexity index is 605. The topological polar surface area (TPSA) is 0 Å². The minimum absolute atomic E-state index is 0.0526. The Balaban J connectivity index is 1.34. The number of aryl methyl sites for hydroxylation is 2. The lowest BCUT2D eigenvalue weighted by molar-refractivity contribution is 0.249. The Morgan fingerprint density at radius 3 is 1.74 bits per heavy atom. The van der Waals surface area contributed by atoms with Gasteiger partial charge in [0.15, 0.2) is 0 Å². The third-order valence-electron chi connectivity index (χ3n) is 8.63. The lowest BCUT2D eigenvalue weighted by Crippen LogP contribution is -2.15. The number of hydrogen-bond acceptors (Lipinski definition) is 0. The van der Waals surface area contributed by atoms with Crippen LogP contribution in [0.15, 0.2) is 18.2 Å². The van der Waals surface area contributed by atoms with Gasteiger partial charge in [0, 0.05) is 0 Å². The van der Waals surface area contributed by atoms with E-state index in [0.717, 1.165) is 42.1 Å². The molecular formula is C30H49F. The second-order valence-electron chi connectivity index (χ2n) is 11.1. The van der Waals surface area contributed by atoms with Crippen LogP contribution in [-0.2, 0) is 12.8 Å². The van der Waals surface area contributed by atoms with Crippen LogP contribution >= 0.6 is 0 Å². The zero-order valence-corrected chi connectivity index (χ0v) is 20.6. The fourth-order valence-electron chi connectivity index (χ4n) is 6.39. The maximum Gasteiger partial charge on any atom is 0.126 e. The maximum atomic E-state index is 14.7. The van der Waals surface area contributed by atoms with Crippen LogP contribution in [0.5, 0.6) is 0 Å². The Labute approximate surface area is 192 Å². The van der Waals surface area contributed by atoms with Crippen LogP contribution in [0.3, 0.4) is 0 Å². The van der Waals surface area contributed by atoms with Crippen molar-refractivity contribution in [1.82, 2.24) is 0 Å². The average molecular weight is 429 g/mol. The van der Waals surface area contributed by atoms with Gasteiger partial charge in [-0.05, 0) is 66.5 Å². The highest BCUT2D eigenvalue weighted by Crippen LogP contribution is 2.35. The van der Waals surface area contributed by atoms with E-state index in [1.807, 2.05) is 6.07 Å². The number of unbranched alkanes of at least 4 members (excludes halogenated alkanes) is 2. The van der Waals surface area contributed by atoms with Crippen molar-refractivity contribution in [2.24, 2.45) is 23.7 Å². The van der Waals surface area contributed by atoms with Gasteiger partial charge in [-0.25, -0.2) is 4.39 Å². The molecular weight excluding hydrogens is 379 g/mol. The Morgan fingerprint density at radius 2 is 1.19 bits per heavy atom. The molecule has 1 aromatic rings. The molecule has 176 valence electrons. The molecule has 0 bridgehead atoms. The first-order valence-corrected chi connectivity index (χ1v) is 13.9. The van der Waals surface area contributed by atoms with Gasteiger partial charge in [0.05, 0.1) is 0 Å². The second kappa shape index (κ2) is 13.6. The smallest absolute Gasteiger partial charge is 0.126 e. The molecule has 2 aliphatic rings. The summed E-state index contributed by atoms with van der Waals surface area (Å²) in [6.07, 6.45) is 24.0. The zero-order valence-electron chi connectivity index (χ0n) is 20.6. The summed E-state index contributed by atoms with van der Waals surface area (Å²) in [6.45, 7) is 4.60. The second-order valence-corrected chi connectivity index (χ2v) is 11.1. The van der Waals surface area contributed by atoms with Crippen LogP contribution in [-0.4, -0.2) is 0 Å². The molecule has 0 radical (unpaired) electrons. The van der Waals surface area contributed by atoms with Gasteiger partial charge in [-0.1, -0.05) is 116 Å². The molecule has 1 heteroatoms. The van der Waals surface area contributed by atoms with E-state index in [1.165, 1.54) is 108 Å². The largest absolute Gasteiger partial charge is 0.207 e. The van der Waals surface area contributed by atoms with Crippen molar-refractivity contribution >= 4 is 0 Å². The predicted molar refractivity (Wildman–Crippen MR) is 133 cm³/mol. The Hall–Kier alpha value is -0.850. The van der Waals surface area contributed by atoms with E-state index >= 15 is 0 Å². The van der Waals surface area contributed by atoms with Crippen molar-refractivity contribution in [1.29, 1.82) is 0 Å².